The summed E-state index contributed by atoms with van der Waals surface area (Å²) in [5.41, 5.74) is 1.33. The van der Waals surface area contributed by atoms with Crippen LogP contribution in [0.2, 0.25) is 0 Å². The van der Waals surface area contributed by atoms with Crippen molar-refractivity contribution in [3.8, 4) is 0 Å². The molecule has 2 nitrogen and oxygen atoms in total. The molecule has 2 atom stereocenters. The van der Waals surface area contributed by atoms with Gasteiger partial charge in [-0.3, -0.25) is 4.98 Å². The molecule has 1 saturated heterocycles. The van der Waals surface area contributed by atoms with E-state index in [0.29, 0.717) is 5.25 Å². The first-order valence-electron chi connectivity index (χ1n) is 4.92. The van der Waals surface area contributed by atoms with Crippen molar-refractivity contribution in [1.29, 1.82) is 0 Å². The van der Waals surface area contributed by atoms with Gasteiger partial charge in [-0.15, -0.1) is 11.3 Å². The molecule has 0 saturated carbocycles. The van der Waals surface area contributed by atoms with Crippen LogP contribution in [0.1, 0.15) is 24.6 Å². The summed E-state index contributed by atoms with van der Waals surface area (Å²) in [6, 6.07) is 0. The van der Waals surface area contributed by atoms with Crippen molar-refractivity contribution in [3.63, 3.8) is 0 Å². The summed E-state index contributed by atoms with van der Waals surface area (Å²) >= 11 is 3.52. The molecule has 1 fully saturated rings. The van der Waals surface area contributed by atoms with E-state index in [1.165, 1.54) is 10.6 Å². The highest BCUT2D eigenvalue weighted by Gasteiger charge is 2.36. The molecule has 0 spiro atoms. The van der Waals surface area contributed by atoms with Crippen molar-refractivity contribution in [3.05, 3.63) is 16.6 Å². The number of thioether (sulfide) groups is 1. The second kappa shape index (κ2) is 4.21. The molecule has 4 heteroatoms. The minimum atomic E-state index is -0.505. The van der Waals surface area contributed by atoms with Crippen molar-refractivity contribution in [2.24, 2.45) is 0 Å². The molecule has 1 aromatic rings. The summed E-state index contributed by atoms with van der Waals surface area (Å²) in [4.78, 5) is 5.24. The summed E-state index contributed by atoms with van der Waals surface area (Å²) in [7, 11) is 0. The van der Waals surface area contributed by atoms with E-state index >= 15 is 0 Å². The van der Waals surface area contributed by atoms with Gasteiger partial charge in [0.2, 0.25) is 0 Å². The van der Waals surface area contributed by atoms with E-state index in [0.717, 1.165) is 19.3 Å². The fourth-order valence-electron chi connectivity index (χ4n) is 1.86. The van der Waals surface area contributed by atoms with Crippen LogP contribution in [0.5, 0.6) is 0 Å². The molecule has 1 aromatic heterocycles. The zero-order valence-corrected chi connectivity index (χ0v) is 9.90. The van der Waals surface area contributed by atoms with Crippen LogP contribution in [0.15, 0.2) is 11.7 Å². The lowest BCUT2D eigenvalue weighted by atomic mass is 9.90. The highest BCUT2D eigenvalue weighted by Crippen LogP contribution is 2.36. The third-order valence-corrected chi connectivity index (χ3v) is 5.09. The maximum absolute atomic E-state index is 10.5. The number of rotatable bonds is 2. The molecule has 1 aliphatic heterocycles. The van der Waals surface area contributed by atoms with Gasteiger partial charge in [0.15, 0.2) is 0 Å². The number of thiazole rings is 1. The summed E-state index contributed by atoms with van der Waals surface area (Å²) in [6.07, 6.45) is 4.70. The lowest BCUT2D eigenvalue weighted by Gasteiger charge is -2.37. The molecule has 0 bridgehead atoms. The predicted molar refractivity (Wildman–Crippen MR) is 61.9 cm³/mol. The van der Waals surface area contributed by atoms with Gasteiger partial charge in [-0.05, 0) is 18.6 Å². The van der Waals surface area contributed by atoms with Crippen LogP contribution in [-0.4, -0.2) is 26.7 Å². The molecule has 1 aliphatic rings. The molecule has 2 unspecified atom stereocenters. The molecule has 1 N–H and O–H groups in total. The molecule has 0 aliphatic carbocycles. The molecular weight excluding hydrogens is 214 g/mol. The molecule has 2 heterocycles. The van der Waals surface area contributed by atoms with E-state index in [1.54, 1.807) is 11.3 Å². The Labute approximate surface area is 92.8 Å². The molecule has 2 rings (SSSR count). The first-order chi connectivity index (χ1) is 6.71. The van der Waals surface area contributed by atoms with Gasteiger partial charge in [-0.2, -0.15) is 11.8 Å². The van der Waals surface area contributed by atoms with Crippen LogP contribution in [0.3, 0.4) is 0 Å². The Morgan fingerprint density at radius 2 is 2.57 bits per heavy atom. The maximum Gasteiger partial charge on any atom is 0.0811 e. The first-order valence-corrected chi connectivity index (χ1v) is 6.85. The van der Waals surface area contributed by atoms with Gasteiger partial charge < -0.3 is 5.11 Å². The van der Waals surface area contributed by atoms with E-state index in [2.05, 4.69) is 11.9 Å². The highest BCUT2D eigenvalue weighted by atomic mass is 32.2. The summed E-state index contributed by atoms with van der Waals surface area (Å²) in [5.74, 6) is 1.19. The standard InChI is InChI=1S/C10H15NOS2/c1-8-10(12,3-2-4-13-8)5-9-6-11-7-14-9/h6-8,12H,2-5H2,1H3. The van der Waals surface area contributed by atoms with Crippen molar-refractivity contribution in [1.82, 2.24) is 4.98 Å². The maximum atomic E-state index is 10.5. The van der Waals surface area contributed by atoms with Gasteiger partial charge in [0.1, 0.15) is 0 Å². The number of aliphatic hydroxyl groups is 1. The van der Waals surface area contributed by atoms with Gasteiger partial charge in [0.25, 0.3) is 0 Å². The molecule has 78 valence electrons. The van der Waals surface area contributed by atoms with Crippen LogP contribution in [-0.2, 0) is 6.42 Å². The van der Waals surface area contributed by atoms with Crippen LogP contribution in [0.25, 0.3) is 0 Å². The van der Waals surface area contributed by atoms with Gasteiger partial charge in [-0.1, -0.05) is 6.92 Å². The van der Waals surface area contributed by atoms with E-state index < -0.39 is 5.60 Å². The number of aromatic nitrogens is 1. The molecule has 0 amide bonds. The monoisotopic (exact) mass is 229 g/mol. The smallest absolute Gasteiger partial charge is 0.0811 e. The van der Waals surface area contributed by atoms with Gasteiger partial charge in [0, 0.05) is 22.7 Å². The topological polar surface area (TPSA) is 33.1 Å². The largest absolute Gasteiger partial charge is 0.388 e. The Kier molecular flexibility index (Phi) is 3.14. The number of hydrogen-bond acceptors (Lipinski definition) is 4. The van der Waals surface area contributed by atoms with E-state index in [9.17, 15) is 5.11 Å². The third kappa shape index (κ3) is 2.12. The van der Waals surface area contributed by atoms with Crippen molar-refractivity contribution < 1.29 is 5.11 Å². The molecular formula is C10H15NOS2. The average Bonchev–Trinajstić information content (AvgIpc) is 2.63. The Bertz CT molecular complexity index is 288. The second-order valence-corrected chi connectivity index (χ2v) is 6.28. The number of nitrogens with zero attached hydrogens (tertiary/aromatic N) is 1. The Balaban J connectivity index is 2.07. The first kappa shape index (κ1) is 10.5. The molecule has 0 radical (unpaired) electrons. The van der Waals surface area contributed by atoms with Crippen LogP contribution < -0.4 is 0 Å². The normalized spacial score (nSPS) is 33.1. The Morgan fingerprint density at radius 3 is 3.21 bits per heavy atom. The minimum Gasteiger partial charge on any atom is -0.388 e. The van der Waals surface area contributed by atoms with Crippen molar-refractivity contribution in [2.45, 2.75) is 37.0 Å². The van der Waals surface area contributed by atoms with Crippen LogP contribution >= 0.6 is 23.1 Å². The predicted octanol–water partition coefficient (Wildman–Crippen LogP) is 2.33. The molecule has 14 heavy (non-hydrogen) atoms. The van der Waals surface area contributed by atoms with Gasteiger partial charge in [0.05, 0.1) is 11.1 Å². The minimum absolute atomic E-state index is 0.346. The zero-order valence-electron chi connectivity index (χ0n) is 8.27. The lowest BCUT2D eigenvalue weighted by Crippen LogP contribution is -2.43. The van der Waals surface area contributed by atoms with E-state index in [4.69, 9.17) is 0 Å². The quantitative estimate of drug-likeness (QED) is 0.845. The Morgan fingerprint density at radius 1 is 1.71 bits per heavy atom. The summed E-state index contributed by atoms with van der Waals surface area (Å²) in [6.45, 7) is 2.13. The Hall–Kier alpha value is -0.0600. The highest BCUT2D eigenvalue weighted by molar-refractivity contribution is 8.00. The fourth-order valence-corrected chi connectivity index (χ4v) is 3.75. The summed E-state index contributed by atoms with van der Waals surface area (Å²) < 4.78 is 0. The van der Waals surface area contributed by atoms with E-state index in [-0.39, 0.29) is 0 Å². The van der Waals surface area contributed by atoms with Crippen LogP contribution in [0.4, 0.5) is 0 Å². The third-order valence-electron chi connectivity index (χ3n) is 2.84. The van der Waals surface area contributed by atoms with Crippen molar-refractivity contribution >= 4 is 23.1 Å². The average molecular weight is 229 g/mol. The van der Waals surface area contributed by atoms with Crippen molar-refractivity contribution in [2.75, 3.05) is 5.75 Å². The van der Waals surface area contributed by atoms with E-state index in [1.807, 2.05) is 23.5 Å². The lowest BCUT2D eigenvalue weighted by molar-refractivity contribution is 0.0305. The number of hydrogen-bond donors (Lipinski definition) is 1. The SMILES string of the molecule is CC1SCCCC1(O)Cc1cncs1. The second-order valence-electron chi connectivity index (χ2n) is 3.86. The summed E-state index contributed by atoms with van der Waals surface area (Å²) in [5, 5.41) is 10.8. The van der Waals surface area contributed by atoms with Gasteiger partial charge in [-0.25, -0.2) is 0 Å². The van der Waals surface area contributed by atoms with Gasteiger partial charge >= 0.3 is 0 Å². The van der Waals surface area contributed by atoms with Crippen LogP contribution in [0, 0.1) is 0 Å². The zero-order chi connectivity index (χ0) is 10.0. The fraction of sp³-hybridized carbons (Fsp3) is 0.700. The molecule has 0 aromatic carbocycles.